The predicted octanol–water partition coefficient (Wildman–Crippen LogP) is 1.15. The number of carbonyl (C=O) groups is 2. The molecule has 8 heteroatoms. The van der Waals surface area contributed by atoms with Crippen molar-refractivity contribution in [3.8, 4) is 0 Å². The van der Waals surface area contributed by atoms with Gasteiger partial charge >= 0.3 is 0 Å². The maximum absolute atomic E-state index is 12.6. The molecule has 2 amide bonds. The van der Waals surface area contributed by atoms with Crippen molar-refractivity contribution in [3.63, 3.8) is 0 Å². The van der Waals surface area contributed by atoms with E-state index in [1.807, 2.05) is 32.9 Å². The molecule has 1 aliphatic rings. The molecule has 1 atom stereocenters. The second-order valence-electron chi connectivity index (χ2n) is 7.34. The lowest BCUT2D eigenvalue weighted by Gasteiger charge is -2.38. The quantitative estimate of drug-likeness (QED) is 0.690. The minimum atomic E-state index is -3.15. The highest BCUT2D eigenvalue weighted by molar-refractivity contribution is 7.89. The fourth-order valence-corrected chi connectivity index (χ4v) is 4.24. The smallest absolute Gasteiger partial charge is 0.252 e. The van der Waals surface area contributed by atoms with E-state index in [4.69, 9.17) is 0 Å². The van der Waals surface area contributed by atoms with Crippen molar-refractivity contribution < 1.29 is 18.0 Å². The Kier molecular flexibility index (Phi) is 7.00. The first-order valence-corrected chi connectivity index (χ1v) is 10.9. The van der Waals surface area contributed by atoms with Gasteiger partial charge in [0.2, 0.25) is 15.9 Å². The lowest BCUT2D eigenvalue weighted by Crippen LogP contribution is -2.56. The Hall–Kier alpha value is -1.93. The number of benzene rings is 1. The fraction of sp³-hybridized carbons (Fsp3) is 0.579. The molecule has 0 saturated carbocycles. The molecule has 0 radical (unpaired) electrons. The van der Waals surface area contributed by atoms with Crippen LogP contribution in [0.15, 0.2) is 24.3 Å². The third-order valence-corrected chi connectivity index (χ3v) is 6.69. The van der Waals surface area contributed by atoms with Crippen molar-refractivity contribution >= 4 is 21.8 Å². The third-order valence-electron chi connectivity index (χ3n) is 4.87. The van der Waals surface area contributed by atoms with Crippen molar-refractivity contribution in [2.75, 3.05) is 25.4 Å². The van der Waals surface area contributed by atoms with E-state index >= 15 is 0 Å². The molecule has 1 saturated heterocycles. The maximum Gasteiger partial charge on any atom is 0.252 e. The highest BCUT2D eigenvalue weighted by Gasteiger charge is 2.35. The van der Waals surface area contributed by atoms with E-state index in [1.165, 1.54) is 4.31 Å². The van der Waals surface area contributed by atoms with Gasteiger partial charge in [0.15, 0.2) is 0 Å². The van der Waals surface area contributed by atoms with Gasteiger partial charge < -0.3 is 10.6 Å². The van der Waals surface area contributed by atoms with Crippen LogP contribution in [0.4, 0.5) is 0 Å². The lowest BCUT2D eigenvalue weighted by molar-refractivity contribution is -0.124. The number of sulfonamides is 1. The van der Waals surface area contributed by atoms with Crippen LogP contribution in [-0.4, -0.2) is 56.0 Å². The van der Waals surface area contributed by atoms with Crippen molar-refractivity contribution in [3.05, 3.63) is 35.4 Å². The van der Waals surface area contributed by atoms with Gasteiger partial charge in [0, 0.05) is 31.1 Å². The number of rotatable bonds is 8. The molecule has 2 N–H and O–H groups in total. The van der Waals surface area contributed by atoms with Gasteiger partial charge in [-0.2, -0.15) is 0 Å². The summed E-state index contributed by atoms with van der Waals surface area (Å²) in [6.07, 6.45) is 0. The van der Waals surface area contributed by atoms with Gasteiger partial charge in [-0.3, -0.25) is 9.59 Å². The van der Waals surface area contributed by atoms with Crippen LogP contribution >= 0.6 is 0 Å². The molecule has 0 bridgehead atoms. The highest BCUT2D eigenvalue weighted by atomic mass is 32.2. The highest BCUT2D eigenvalue weighted by Crippen LogP contribution is 2.19. The number of amides is 2. The van der Waals surface area contributed by atoms with Crippen LogP contribution in [0.1, 0.15) is 36.7 Å². The van der Waals surface area contributed by atoms with Gasteiger partial charge in [-0.05, 0) is 31.4 Å². The van der Waals surface area contributed by atoms with Crippen LogP contribution in [0.2, 0.25) is 0 Å². The lowest BCUT2D eigenvalue weighted by atomic mass is 10.00. The first kappa shape index (κ1) is 21.4. The summed E-state index contributed by atoms with van der Waals surface area (Å²) < 4.78 is 24.9. The number of hydrogen-bond acceptors (Lipinski definition) is 4. The number of nitrogens with one attached hydrogen (secondary N) is 2. The Morgan fingerprint density at radius 2 is 1.85 bits per heavy atom. The second-order valence-corrected chi connectivity index (χ2v) is 9.60. The molecule has 150 valence electrons. The minimum absolute atomic E-state index is 0.0728. The summed E-state index contributed by atoms with van der Waals surface area (Å²) in [4.78, 5) is 25.1. The van der Waals surface area contributed by atoms with Gasteiger partial charge in [-0.15, -0.1) is 0 Å². The monoisotopic (exact) mass is 395 g/mol. The van der Waals surface area contributed by atoms with Crippen molar-refractivity contribution in [1.29, 1.82) is 0 Å². The van der Waals surface area contributed by atoms with E-state index in [9.17, 15) is 18.0 Å². The van der Waals surface area contributed by atoms with E-state index in [-0.39, 0.29) is 29.4 Å². The van der Waals surface area contributed by atoms with Crippen molar-refractivity contribution in [2.24, 2.45) is 11.8 Å². The van der Waals surface area contributed by atoms with Gasteiger partial charge in [0.25, 0.3) is 5.91 Å². The molecule has 1 aromatic rings. The number of carbonyl (C=O) groups excluding carboxylic acids is 2. The van der Waals surface area contributed by atoms with Crippen LogP contribution in [0.25, 0.3) is 0 Å². The zero-order chi connectivity index (χ0) is 20.2. The largest absolute Gasteiger partial charge is 0.354 e. The van der Waals surface area contributed by atoms with Crippen LogP contribution < -0.4 is 10.6 Å². The molecular formula is C19H29N3O4S. The summed E-state index contributed by atoms with van der Waals surface area (Å²) in [5.74, 6) is -0.395. The maximum atomic E-state index is 12.6. The molecule has 0 spiro atoms. The fourth-order valence-electron chi connectivity index (χ4n) is 3.00. The Morgan fingerprint density at radius 1 is 1.22 bits per heavy atom. The Labute approximate surface area is 161 Å². The van der Waals surface area contributed by atoms with Gasteiger partial charge in [-0.25, -0.2) is 12.7 Å². The van der Waals surface area contributed by atoms with Crippen molar-refractivity contribution in [2.45, 2.75) is 33.7 Å². The first-order chi connectivity index (χ1) is 12.7. The SMILES string of the molecule is CCS(=O)(=O)N1CC(CNC(=O)[C@H](NC(=O)c2ccccc2C)C(C)C)C1. The molecule has 1 fully saturated rings. The van der Waals surface area contributed by atoms with Gasteiger partial charge in [-0.1, -0.05) is 32.0 Å². The van der Waals surface area contributed by atoms with Crippen LogP contribution in [0, 0.1) is 18.8 Å². The molecular weight excluding hydrogens is 366 g/mol. The topological polar surface area (TPSA) is 95.6 Å². The van der Waals surface area contributed by atoms with Crippen molar-refractivity contribution in [1.82, 2.24) is 14.9 Å². The zero-order valence-corrected chi connectivity index (χ0v) is 17.2. The summed E-state index contributed by atoms with van der Waals surface area (Å²) in [7, 11) is -3.15. The zero-order valence-electron chi connectivity index (χ0n) is 16.4. The van der Waals surface area contributed by atoms with E-state index in [1.54, 1.807) is 19.1 Å². The van der Waals surface area contributed by atoms with E-state index < -0.39 is 16.1 Å². The van der Waals surface area contributed by atoms with Crippen LogP contribution in [0.5, 0.6) is 0 Å². The summed E-state index contributed by atoms with van der Waals surface area (Å²) in [6.45, 7) is 8.48. The number of nitrogens with zero attached hydrogens (tertiary/aromatic N) is 1. The normalized spacial score (nSPS) is 16.6. The standard InChI is InChI=1S/C19H29N3O4S/c1-5-27(25,26)22-11-15(12-22)10-20-19(24)17(13(2)3)21-18(23)16-9-7-6-8-14(16)4/h6-9,13,15,17H,5,10-12H2,1-4H3,(H,20,24)(H,21,23)/t17-/m1/s1. The van der Waals surface area contributed by atoms with E-state index in [2.05, 4.69) is 10.6 Å². The van der Waals surface area contributed by atoms with E-state index in [0.717, 1.165) is 5.56 Å². The summed E-state index contributed by atoms with van der Waals surface area (Å²) in [5, 5.41) is 5.67. The van der Waals surface area contributed by atoms with E-state index in [0.29, 0.717) is 25.2 Å². The number of aryl methyl sites for hydroxylation is 1. The van der Waals surface area contributed by atoms with Gasteiger partial charge in [0.05, 0.1) is 5.75 Å². The molecule has 0 unspecified atom stereocenters. The molecule has 2 rings (SSSR count). The van der Waals surface area contributed by atoms with Crippen LogP contribution in [0.3, 0.4) is 0 Å². The number of hydrogen-bond donors (Lipinski definition) is 2. The Balaban J connectivity index is 1.89. The predicted molar refractivity (Wildman–Crippen MR) is 105 cm³/mol. The summed E-state index contributed by atoms with van der Waals surface area (Å²) in [6, 6.07) is 6.59. The molecule has 1 aliphatic heterocycles. The molecule has 0 aromatic heterocycles. The third kappa shape index (κ3) is 5.29. The molecule has 1 aromatic carbocycles. The Morgan fingerprint density at radius 3 is 2.41 bits per heavy atom. The Bertz CT molecular complexity index is 786. The molecule has 1 heterocycles. The second kappa shape index (κ2) is 8.84. The summed E-state index contributed by atoms with van der Waals surface area (Å²) >= 11 is 0. The average molecular weight is 396 g/mol. The van der Waals surface area contributed by atoms with Crippen LogP contribution in [-0.2, 0) is 14.8 Å². The molecule has 7 nitrogen and oxygen atoms in total. The molecule has 0 aliphatic carbocycles. The summed E-state index contributed by atoms with van der Waals surface area (Å²) in [5.41, 5.74) is 1.40. The minimum Gasteiger partial charge on any atom is -0.354 e. The first-order valence-electron chi connectivity index (χ1n) is 9.27. The molecule has 27 heavy (non-hydrogen) atoms. The van der Waals surface area contributed by atoms with Gasteiger partial charge in [0.1, 0.15) is 6.04 Å². The average Bonchev–Trinajstić information content (AvgIpc) is 2.57.